The highest BCUT2D eigenvalue weighted by Crippen LogP contribution is 2.25. The molecule has 3 N–H and O–H groups in total. The molecule has 0 aliphatic rings. The molecule has 8 nitrogen and oxygen atoms in total. The maximum absolute atomic E-state index is 12.4. The molecule has 1 aromatic heterocycles. The SMILES string of the molecule is CCOc1ccccc1NC(=O)C(C)n1nnc(C(N)=O)c1C. The van der Waals surface area contributed by atoms with E-state index in [0.29, 0.717) is 23.7 Å². The molecule has 122 valence electrons. The topological polar surface area (TPSA) is 112 Å². The number of hydrogen-bond donors (Lipinski definition) is 2. The van der Waals surface area contributed by atoms with Crippen molar-refractivity contribution in [2.45, 2.75) is 26.8 Å². The van der Waals surface area contributed by atoms with Crippen molar-refractivity contribution in [3.8, 4) is 5.75 Å². The molecule has 0 radical (unpaired) electrons. The molecule has 0 fully saturated rings. The molecule has 0 saturated carbocycles. The van der Waals surface area contributed by atoms with E-state index in [1.807, 2.05) is 13.0 Å². The highest BCUT2D eigenvalue weighted by molar-refractivity contribution is 5.95. The Labute approximate surface area is 133 Å². The summed E-state index contributed by atoms with van der Waals surface area (Å²) in [6, 6.07) is 6.48. The van der Waals surface area contributed by atoms with E-state index in [1.54, 1.807) is 32.0 Å². The van der Waals surface area contributed by atoms with Gasteiger partial charge in [-0.3, -0.25) is 9.59 Å². The Morgan fingerprint density at radius 2 is 2.09 bits per heavy atom. The van der Waals surface area contributed by atoms with Crippen molar-refractivity contribution in [3.63, 3.8) is 0 Å². The summed E-state index contributed by atoms with van der Waals surface area (Å²) in [5.74, 6) is -0.395. The van der Waals surface area contributed by atoms with Crippen LogP contribution in [0.15, 0.2) is 24.3 Å². The van der Waals surface area contributed by atoms with Gasteiger partial charge in [-0.05, 0) is 32.9 Å². The number of rotatable bonds is 6. The van der Waals surface area contributed by atoms with E-state index in [9.17, 15) is 9.59 Å². The van der Waals surface area contributed by atoms with Gasteiger partial charge in [-0.2, -0.15) is 0 Å². The van der Waals surface area contributed by atoms with Gasteiger partial charge in [-0.15, -0.1) is 5.10 Å². The first-order chi connectivity index (χ1) is 11.0. The van der Waals surface area contributed by atoms with Crippen molar-refractivity contribution in [1.82, 2.24) is 15.0 Å². The van der Waals surface area contributed by atoms with Gasteiger partial charge in [-0.25, -0.2) is 4.68 Å². The summed E-state index contributed by atoms with van der Waals surface area (Å²) in [5, 5.41) is 10.3. The van der Waals surface area contributed by atoms with Crippen molar-refractivity contribution in [3.05, 3.63) is 35.7 Å². The summed E-state index contributed by atoms with van der Waals surface area (Å²) in [5.41, 5.74) is 6.28. The number of primary amides is 1. The van der Waals surface area contributed by atoms with Crippen LogP contribution in [0.2, 0.25) is 0 Å². The quantitative estimate of drug-likeness (QED) is 0.833. The molecule has 2 amide bonds. The van der Waals surface area contributed by atoms with Gasteiger partial charge in [0.15, 0.2) is 5.69 Å². The average Bonchev–Trinajstić information content (AvgIpc) is 2.90. The lowest BCUT2D eigenvalue weighted by molar-refractivity contribution is -0.119. The number of carbonyl (C=O) groups is 2. The van der Waals surface area contributed by atoms with E-state index < -0.39 is 11.9 Å². The zero-order valence-corrected chi connectivity index (χ0v) is 13.2. The lowest BCUT2D eigenvalue weighted by Crippen LogP contribution is -2.26. The highest BCUT2D eigenvalue weighted by Gasteiger charge is 2.22. The van der Waals surface area contributed by atoms with Crippen molar-refractivity contribution in [2.75, 3.05) is 11.9 Å². The Kier molecular flexibility index (Phi) is 4.95. The van der Waals surface area contributed by atoms with Gasteiger partial charge in [0, 0.05) is 0 Å². The molecule has 1 aromatic carbocycles. The van der Waals surface area contributed by atoms with E-state index >= 15 is 0 Å². The predicted octanol–water partition coefficient (Wildman–Crippen LogP) is 1.28. The molecule has 8 heteroatoms. The Bertz CT molecular complexity index is 726. The molecular formula is C15H19N5O3. The zero-order chi connectivity index (χ0) is 17.0. The highest BCUT2D eigenvalue weighted by atomic mass is 16.5. The Morgan fingerprint density at radius 1 is 1.39 bits per heavy atom. The molecule has 1 atom stereocenters. The summed E-state index contributed by atoms with van der Waals surface area (Å²) in [7, 11) is 0. The lowest BCUT2D eigenvalue weighted by Gasteiger charge is -2.15. The van der Waals surface area contributed by atoms with Crippen LogP contribution in [0.5, 0.6) is 5.75 Å². The van der Waals surface area contributed by atoms with E-state index in [1.165, 1.54) is 4.68 Å². The number of amides is 2. The van der Waals surface area contributed by atoms with E-state index in [4.69, 9.17) is 10.5 Å². The van der Waals surface area contributed by atoms with E-state index in [2.05, 4.69) is 15.6 Å². The number of para-hydroxylation sites is 2. The molecule has 2 aromatic rings. The molecule has 2 rings (SSSR count). The lowest BCUT2D eigenvalue weighted by atomic mass is 10.2. The van der Waals surface area contributed by atoms with Crippen LogP contribution >= 0.6 is 0 Å². The zero-order valence-electron chi connectivity index (χ0n) is 13.2. The molecule has 0 aliphatic carbocycles. The number of aromatic nitrogens is 3. The fourth-order valence-electron chi connectivity index (χ4n) is 2.14. The third-order valence-corrected chi connectivity index (χ3v) is 3.35. The molecule has 0 saturated heterocycles. The molecule has 0 bridgehead atoms. The van der Waals surface area contributed by atoms with Gasteiger partial charge in [0.2, 0.25) is 5.91 Å². The minimum atomic E-state index is -0.678. The first-order valence-corrected chi connectivity index (χ1v) is 7.20. The van der Waals surface area contributed by atoms with Crippen molar-refractivity contribution < 1.29 is 14.3 Å². The number of nitrogens with one attached hydrogen (secondary N) is 1. The summed E-state index contributed by atoms with van der Waals surface area (Å²) < 4.78 is 6.83. The van der Waals surface area contributed by atoms with Gasteiger partial charge >= 0.3 is 0 Å². The smallest absolute Gasteiger partial charge is 0.271 e. The fraction of sp³-hybridized carbons (Fsp3) is 0.333. The number of benzene rings is 1. The summed E-state index contributed by atoms with van der Waals surface area (Å²) >= 11 is 0. The van der Waals surface area contributed by atoms with E-state index in [0.717, 1.165) is 0 Å². The van der Waals surface area contributed by atoms with Gasteiger partial charge in [0.05, 0.1) is 18.0 Å². The van der Waals surface area contributed by atoms with Crippen LogP contribution in [-0.4, -0.2) is 33.4 Å². The van der Waals surface area contributed by atoms with Crippen molar-refractivity contribution in [1.29, 1.82) is 0 Å². The third kappa shape index (κ3) is 3.47. The molecule has 23 heavy (non-hydrogen) atoms. The monoisotopic (exact) mass is 317 g/mol. The number of nitrogens with zero attached hydrogens (tertiary/aromatic N) is 3. The second kappa shape index (κ2) is 6.91. The normalized spacial score (nSPS) is 11.8. The Morgan fingerprint density at radius 3 is 2.70 bits per heavy atom. The van der Waals surface area contributed by atoms with Crippen LogP contribution in [0.4, 0.5) is 5.69 Å². The largest absolute Gasteiger partial charge is 0.492 e. The van der Waals surface area contributed by atoms with Gasteiger partial charge in [-0.1, -0.05) is 17.3 Å². The number of carbonyl (C=O) groups excluding carboxylic acids is 2. The molecule has 0 spiro atoms. The first kappa shape index (κ1) is 16.5. The molecule has 1 unspecified atom stereocenters. The van der Waals surface area contributed by atoms with Gasteiger partial charge < -0.3 is 15.8 Å². The molecule has 0 aliphatic heterocycles. The number of anilines is 1. The Hall–Kier alpha value is -2.90. The second-order valence-electron chi connectivity index (χ2n) is 4.93. The minimum Gasteiger partial charge on any atom is -0.492 e. The van der Waals surface area contributed by atoms with Crippen LogP contribution < -0.4 is 15.8 Å². The Balaban J connectivity index is 2.19. The predicted molar refractivity (Wildman–Crippen MR) is 84.2 cm³/mol. The summed E-state index contributed by atoms with van der Waals surface area (Å²) in [6.45, 7) is 5.65. The van der Waals surface area contributed by atoms with Crippen LogP contribution in [-0.2, 0) is 4.79 Å². The number of ether oxygens (including phenoxy) is 1. The molecular weight excluding hydrogens is 298 g/mol. The van der Waals surface area contributed by atoms with Gasteiger partial charge in [0.25, 0.3) is 5.91 Å². The second-order valence-corrected chi connectivity index (χ2v) is 4.93. The number of hydrogen-bond acceptors (Lipinski definition) is 5. The third-order valence-electron chi connectivity index (χ3n) is 3.35. The van der Waals surface area contributed by atoms with Gasteiger partial charge in [0.1, 0.15) is 11.8 Å². The standard InChI is InChI=1S/C15H19N5O3/c1-4-23-12-8-6-5-7-11(12)17-15(22)10(3)20-9(2)13(14(16)21)18-19-20/h5-8,10H,4H2,1-3H3,(H2,16,21)(H,17,22). The van der Waals surface area contributed by atoms with Crippen molar-refractivity contribution >= 4 is 17.5 Å². The maximum atomic E-state index is 12.4. The average molecular weight is 317 g/mol. The van der Waals surface area contributed by atoms with Crippen molar-refractivity contribution in [2.24, 2.45) is 5.73 Å². The van der Waals surface area contributed by atoms with Crippen LogP contribution in [0.25, 0.3) is 0 Å². The van der Waals surface area contributed by atoms with E-state index in [-0.39, 0.29) is 11.6 Å². The fourth-order valence-corrected chi connectivity index (χ4v) is 2.14. The van der Waals surface area contributed by atoms with Crippen LogP contribution in [0.3, 0.4) is 0 Å². The summed E-state index contributed by atoms with van der Waals surface area (Å²) in [4.78, 5) is 23.7. The van der Waals surface area contributed by atoms with Crippen LogP contribution in [0.1, 0.15) is 36.1 Å². The first-order valence-electron chi connectivity index (χ1n) is 7.20. The van der Waals surface area contributed by atoms with Crippen LogP contribution in [0, 0.1) is 6.92 Å². The number of nitrogens with two attached hydrogens (primary N) is 1. The summed E-state index contributed by atoms with van der Waals surface area (Å²) in [6.07, 6.45) is 0. The minimum absolute atomic E-state index is 0.0550. The maximum Gasteiger partial charge on any atom is 0.271 e. The molecule has 1 heterocycles.